The lowest BCUT2D eigenvalue weighted by Crippen LogP contribution is -2.08. The molecule has 0 unspecified atom stereocenters. The summed E-state index contributed by atoms with van der Waals surface area (Å²) < 4.78 is 6.68. The van der Waals surface area contributed by atoms with E-state index in [4.69, 9.17) is 4.74 Å². The Morgan fingerprint density at radius 3 is 2.64 bits per heavy atom. The first-order chi connectivity index (χ1) is 12.1. The molecular formula is C18H19N5O2. The van der Waals surface area contributed by atoms with Crippen LogP contribution in [0.4, 0.5) is 5.82 Å². The van der Waals surface area contributed by atoms with Crippen LogP contribution in [0.25, 0.3) is 22.5 Å². The summed E-state index contributed by atoms with van der Waals surface area (Å²) in [6, 6.07) is 11.5. The average molecular weight is 337 g/mol. The zero-order valence-electron chi connectivity index (χ0n) is 14.4. The van der Waals surface area contributed by atoms with E-state index in [1.807, 2.05) is 48.9 Å². The first-order valence-corrected chi connectivity index (χ1v) is 7.92. The summed E-state index contributed by atoms with van der Waals surface area (Å²) in [6.07, 6.45) is 1.66. The highest BCUT2D eigenvalue weighted by Crippen LogP contribution is 2.32. The Kier molecular flexibility index (Phi) is 4.74. The molecule has 2 heterocycles. The zero-order valence-corrected chi connectivity index (χ0v) is 14.4. The van der Waals surface area contributed by atoms with Crippen molar-refractivity contribution >= 4 is 11.8 Å². The lowest BCUT2D eigenvalue weighted by molar-refractivity contribution is 0.0594. The average Bonchev–Trinajstić information content (AvgIpc) is 3.07. The summed E-state index contributed by atoms with van der Waals surface area (Å²) in [7, 11) is 3.24. The van der Waals surface area contributed by atoms with Gasteiger partial charge >= 0.3 is 5.97 Å². The number of carbonyl (C=O) groups is 1. The van der Waals surface area contributed by atoms with Gasteiger partial charge in [0.05, 0.1) is 7.11 Å². The number of nitrogens with zero attached hydrogens (tertiary/aromatic N) is 4. The van der Waals surface area contributed by atoms with Gasteiger partial charge in [0.2, 0.25) is 0 Å². The maximum atomic E-state index is 12.0. The molecule has 3 rings (SSSR count). The Hall–Kier alpha value is -3.22. The molecule has 0 fully saturated rings. The van der Waals surface area contributed by atoms with E-state index in [0.717, 1.165) is 22.5 Å². The Morgan fingerprint density at radius 1 is 1.24 bits per heavy atom. The zero-order chi connectivity index (χ0) is 17.8. The Bertz CT molecular complexity index is 904. The topological polar surface area (TPSA) is 81.9 Å². The van der Waals surface area contributed by atoms with Crippen LogP contribution in [0.3, 0.4) is 0 Å². The highest BCUT2D eigenvalue weighted by Gasteiger charge is 2.16. The summed E-state index contributed by atoms with van der Waals surface area (Å²) in [5.74, 6) is 0.891. The number of aromatic nitrogens is 4. The van der Waals surface area contributed by atoms with Crippen molar-refractivity contribution in [2.24, 2.45) is 7.05 Å². The number of aryl methyl sites for hydroxylation is 1. The van der Waals surface area contributed by atoms with Crippen LogP contribution in [-0.4, -0.2) is 39.4 Å². The third-order valence-corrected chi connectivity index (χ3v) is 3.77. The van der Waals surface area contributed by atoms with Crippen LogP contribution < -0.4 is 5.32 Å². The minimum Gasteiger partial charge on any atom is -0.464 e. The van der Waals surface area contributed by atoms with Crippen molar-refractivity contribution in [1.82, 2.24) is 19.7 Å². The molecule has 7 nitrogen and oxygen atoms in total. The van der Waals surface area contributed by atoms with Crippen LogP contribution in [0.15, 0.2) is 42.7 Å². The van der Waals surface area contributed by atoms with Gasteiger partial charge in [-0.05, 0) is 30.2 Å². The van der Waals surface area contributed by atoms with E-state index >= 15 is 0 Å². The van der Waals surface area contributed by atoms with E-state index in [1.54, 1.807) is 12.4 Å². The lowest BCUT2D eigenvalue weighted by Gasteiger charge is -2.12. The molecule has 0 radical (unpaired) electrons. The number of hydrogen-bond donors (Lipinski definition) is 1. The number of methoxy groups -OCH3 is 1. The van der Waals surface area contributed by atoms with Gasteiger partial charge in [0.1, 0.15) is 12.1 Å². The quantitative estimate of drug-likeness (QED) is 0.721. The van der Waals surface area contributed by atoms with Crippen molar-refractivity contribution in [3.8, 4) is 22.5 Å². The number of ether oxygens (including phenoxy) is 1. The summed E-state index contributed by atoms with van der Waals surface area (Å²) in [6.45, 7) is 2.67. The van der Waals surface area contributed by atoms with Crippen molar-refractivity contribution in [3.05, 3.63) is 48.4 Å². The maximum absolute atomic E-state index is 12.0. The van der Waals surface area contributed by atoms with E-state index in [1.165, 1.54) is 7.11 Å². The van der Waals surface area contributed by atoms with Crippen LogP contribution >= 0.6 is 0 Å². The first kappa shape index (κ1) is 16.6. The molecule has 128 valence electrons. The van der Waals surface area contributed by atoms with Gasteiger partial charge in [0, 0.05) is 19.2 Å². The molecule has 0 spiro atoms. The number of rotatable bonds is 5. The molecule has 0 aliphatic rings. The van der Waals surface area contributed by atoms with Crippen LogP contribution in [-0.2, 0) is 11.8 Å². The molecule has 3 aromatic rings. The molecule has 0 amide bonds. The van der Waals surface area contributed by atoms with Crippen molar-refractivity contribution in [2.75, 3.05) is 19.0 Å². The van der Waals surface area contributed by atoms with E-state index in [9.17, 15) is 4.79 Å². The number of anilines is 1. The molecule has 0 atom stereocenters. The van der Waals surface area contributed by atoms with Crippen LogP contribution in [0.5, 0.6) is 0 Å². The van der Waals surface area contributed by atoms with Gasteiger partial charge in [-0.25, -0.2) is 9.78 Å². The predicted octanol–water partition coefficient (Wildman–Crippen LogP) is 2.76. The Labute approximate surface area is 145 Å². The summed E-state index contributed by atoms with van der Waals surface area (Å²) in [5, 5.41) is 11.3. The molecule has 0 bridgehead atoms. The number of nitrogens with one attached hydrogen (secondary N) is 1. The number of pyridine rings is 1. The Morgan fingerprint density at radius 2 is 2.00 bits per heavy atom. The summed E-state index contributed by atoms with van der Waals surface area (Å²) >= 11 is 0. The van der Waals surface area contributed by atoms with Crippen molar-refractivity contribution in [3.63, 3.8) is 0 Å². The minimum atomic E-state index is -0.475. The fourth-order valence-corrected chi connectivity index (χ4v) is 2.62. The standard InChI is InChI=1S/C18H19N5O2/c1-4-19-16-10-12(9-15(21-16)18(24)25-3)13-7-5-6-8-14(13)17-22-20-11-23(17)2/h5-11H,4H2,1-3H3,(H,19,21). The van der Waals surface area contributed by atoms with Gasteiger partial charge in [-0.15, -0.1) is 10.2 Å². The minimum absolute atomic E-state index is 0.253. The number of carbonyl (C=O) groups excluding carboxylic acids is 1. The molecule has 0 aliphatic carbocycles. The molecule has 1 aromatic carbocycles. The summed E-state index contributed by atoms with van der Waals surface area (Å²) in [5.41, 5.74) is 2.96. The van der Waals surface area contributed by atoms with Crippen molar-refractivity contribution in [2.45, 2.75) is 6.92 Å². The Balaban J connectivity index is 2.18. The molecule has 7 heteroatoms. The largest absolute Gasteiger partial charge is 0.464 e. The second-order valence-corrected chi connectivity index (χ2v) is 5.46. The molecular weight excluding hydrogens is 318 g/mol. The molecule has 25 heavy (non-hydrogen) atoms. The van der Waals surface area contributed by atoms with Crippen LogP contribution in [0.1, 0.15) is 17.4 Å². The predicted molar refractivity (Wildman–Crippen MR) is 95.2 cm³/mol. The number of hydrogen-bond acceptors (Lipinski definition) is 6. The fraction of sp³-hybridized carbons (Fsp3) is 0.222. The highest BCUT2D eigenvalue weighted by atomic mass is 16.5. The summed E-state index contributed by atoms with van der Waals surface area (Å²) in [4.78, 5) is 16.3. The monoisotopic (exact) mass is 337 g/mol. The highest BCUT2D eigenvalue weighted by molar-refractivity contribution is 5.91. The van der Waals surface area contributed by atoms with Gasteiger partial charge in [-0.2, -0.15) is 0 Å². The van der Waals surface area contributed by atoms with Crippen molar-refractivity contribution in [1.29, 1.82) is 0 Å². The second kappa shape index (κ2) is 7.12. The van der Waals surface area contributed by atoms with E-state index in [2.05, 4.69) is 20.5 Å². The lowest BCUT2D eigenvalue weighted by atomic mass is 9.99. The normalized spacial score (nSPS) is 10.5. The molecule has 0 saturated heterocycles. The second-order valence-electron chi connectivity index (χ2n) is 5.46. The number of esters is 1. The smallest absolute Gasteiger partial charge is 0.356 e. The van der Waals surface area contributed by atoms with Gasteiger partial charge in [-0.1, -0.05) is 24.3 Å². The molecule has 1 N–H and O–H groups in total. The fourth-order valence-electron chi connectivity index (χ4n) is 2.62. The van der Waals surface area contributed by atoms with Crippen LogP contribution in [0, 0.1) is 0 Å². The van der Waals surface area contributed by atoms with E-state index in [-0.39, 0.29) is 5.69 Å². The van der Waals surface area contributed by atoms with Gasteiger partial charge < -0.3 is 14.6 Å². The SMILES string of the molecule is CCNc1cc(-c2ccccc2-c2nncn2C)cc(C(=O)OC)n1. The van der Waals surface area contributed by atoms with Crippen molar-refractivity contribution < 1.29 is 9.53 Å². The third kappa shape index (κ3) is 3.35. The molecule has 0 saturated carbocycles. The third-order valence-electron chi connectivity index (χ3n) is 3.77. The maximum Gasteiger partial charge on any atom is 0.356 e. The number of benzene rings is 1. The van der Waals surface area contributed by atoms with Gasteiger partial charge in [-0.3, -0.25) is 0 Å². The van der Waals surface area contributed by atoms with E-state index in [0.29, 0.717) is 12.4 Å². The molecule has 2 aromatic heterocycles. The van der Waals surface area contributed by atoms with Gasteiger partial charge in [0.25, 0.3) is 0 Å². The van der Waals surface area contributed by atoms with Gasteiger partial charge in [0.15, 0.2) is 11.5 Å². The first-order valence-electron chi connectivity index (χ1n) is 7.92. The molecule has 0 aliphatic heterocycles. The van der Waals surface area contributed by atoms with E-state index < -0.39 is 5.97 Å². The van der Waals surface area contributed by atoms with Crippen LogP contribution in [0.2, 0.25) is 0 Å².